The Balaban J connectivity index is 1.58. The number of hydrogen-bond donors (Lipinski definition) is 0. The number of hydrogen-bond acceptors (Lipinski definition) is 5. The van der Waals surface area contributed by atoms with E-state index in [1.54, 1.807) is 6.20 Å². The minimum absolute atomic E-state index is 0.222. The maximum atomic E-state index is 6.18. The molecule has 0 amide bonds. The van der Waals surface area contributed by atoms with Crippen LogP contribution in [0.15, 0.2) is 53.0 Å². The standard InChI is InChI=1S/C21H28ClN3O2/c1-3-10-24(2)15-19-16-25(11-12-26-19)17-8-9-18(14-23-13-17)27-21-7-5-4-6-20(21)22/h4-8,13-14,19H,3,9-12,15-16H2,1-2H3. The number of rotatable bonds is 7. The largest absolute Gasteiger partial charge is 0.458 e. The van der Waals surface area contributed by atoms with Crippen LogP contribution in [0.4, 0.5) is 0 Å². The summed E-state index contributed by atoms with van der Waals surface area (Å²) in [5, 5.41) is 0.600. The number of ether oxygens (including phenoxy) is 2. The second-order valence-electron chi connectivity index (χ2n) is 6.94. The lowest BCUT2D eigenvalue weighted by atomic mass is 10.2. The van der Waals surface area contributed by atoms with Crippen LogP contribution >= 0.6 is 11.6 Å². The fourth-order valence-corrected chi connectivity index (χ4v) is 3.51. The molecule has 1 atom stereocenters. The Hall–Kier alpha value is -1.82. The van der Waals surface area contributed by atoms with Crippen molar-refractivity contribution < 1.29 is 9.47 Å². The van der Waals surface area contributed by atoms with Gasteiger partial charge in [0.15, 0.2) is 0 Å². The Kier molecular flexibility index (Phi) is 7.33. The number of nitrogens with zero attached hydrogens (tertiary/aromatic N) is 3. The highest BCUT2D eigenvalue weighted by atomic mass is 35.5. The van der Waals surface area contributed by atoms with Crippen LogP contribution in [0, 0.1) is 0 Å². The van der Waals surface area contributed by atoms with Crippen molar-refractivity contribution in [3.8, 4) is 5.75 Å². The summed E-state index contributed by atoms with van der Waals surface area (Å²) in [5.41, 5.74) is 1.12. The van der Waals surface area contributed by atoms with Crippen LogP contribution in [-0.4, -0.2) is 62.0 Å². The topological polar surface area (TPSA) is 37.3 Å². The van der Waals surface area contributed by atoms with Gasteiger partial charge in [-0.25, -0.2) is 0 Å². The average molecular weight is 390 g/mol. The van der Waals surface area contributed by atoms with Crippen LogP contribution in [0.2, 0.25) is 5.02 Å². The zero-order valence-electron chi connectivity index (χ0n) is 16.1. The van der Waals surface area contributed by atoms with Crippen molar-refractivity contribution in [2.45, 2.75) is 25.9 Å². The Morgan fingerprint density at radius 2 is 2.22 bits per heavy atom. The van der Waals surface area contributed by atoms with Crippen molar-refractivity contribution in [1.82, 2.24) is 9.80 Å². The highest BCUT2D eigenvalue weighted by molar-refractivity contribution is 6.32. The van der Waals surface area contributed by atoms with E-state index in [0.29, 0.717) is 17.2 Å². The third kappa shape index (κ3) is 5.83. The molecule has 146 valence electrons. The second-order valence-corrected chi connectivity index (χ2v) is 7.35. The molecule has 0 spiro atoms. The van der Waals surface area contributed by atoms with Crippen LogP contribution in [0.3, 0.4) is 0 Å². The predicted octanol–water partition coefficient (Wildman–Crippen LogP) is 3.96. The van der Waals surface area contributed by atoms with E-state index < -0.39 is 0 Å². The molecule has 3 rings (SSSR count). The summed E-state index contributed by atoms with van der Waals surface area (Å²) >= 11 is 6.18. The first-order valence-electron chi connectivity index (χ1n) is 9.55. The maximum absolute atomic E-state index is 6.18. The zero-order chi connectivity index (χ0) is 19.1. The van der Waals surface area contributed by atoms with E-state index >= 15 is 0 Å². The molecule has 1 aromatic carbocycles. The predicted molar refractivity (Wildman–Crippen MR) is 110 cm³/mol. The second kappa shape index (κ2) is 9.93. The van der Waals surface area contributed by atoms with Gasteiger partial charge in [-0.05, 0) is 32.1 Å². The first-order chi connectivity index (χ1) is 13.2. The molecule has 27 heavy (non-hydrogen) atoms. The fourth-order valence-electron chi connectivity index (χ4n) is 3.34. The number of likely N-dealkylation sites (N-methyl/N-ethyl adjacent to an activating group) is 1. The van der Waals surface area contributed by atoms with E-state index in [9.17, 15) is 0 Å². The Bertz CT molecular complexity index is 717. The van der Waals surface area contributed by atoms with Gasteiger partial charge in [0.1, 0.15) is 11.5 Å². The summed E-state index contributed by atoms with van der Waals surface area (Å²) in [6, 6.07) is 7.48. The molecule has 1 unspecified atom stereocenters. The molecule has 1 aromatic rings. The zero-order valence-corrected chi connectivity index (χ0v) is 16.9. The van der Waals surface area contributed by atoms with Crippen molar-refractivity contribution in [1.29, 1.82) is 0 Å². The van der Waals surface area contributed by atoms with Gasteiger partial charge in [-0.3, -0.25) is 4.99 Å². The smallest absolute Gasteiger partial charge is 0.145 e. The Morgan fingerprint density at radius 3 is 3.04 bits per heavy atom. The Morgan fingerprint density at radius 1 is 1.37 bits per heavy atom. The third-order valence-corrected chi connectivity index (χ3v) is 4.95. The molecule has 5 nitrogen and oxygen atoms in total. The molecule has 0 N–H and O–H groups in total. The minimum atomic E-state index is 0.222. The molecule has 1 fully saturated rings. The van der Waals surface area contributed by atoms with Crippen LogP contribution < -0.4 is 4.74 Å². The van der Waals surface area contributed by atoms with Crippen molar-refractivity contribution in [3.05, 3.63) is 53.0 Å². The maximum Gasteiger partial charge on any atom is 0.145 e. The number of allylic oxidation sites excluding steroid dienone is 2. The van der Waals surface area contributed by atoms with Gasteiger partial charge >= 0.3 is 0 Å². The summed E-state index contributed by atoms with van der Waals surface area (Å²) in [6.07, 6.45) is 7.89. The number of morpholine rings is 1. The average Bonchev–Trinajstić information content (AvgIpc) is 2.90. The number of halogens is 1. The van der Waals surface area contributed by atoms with Crippen molar-refractivity contribution in [2.24, 2.45) is 4.99 Å². The SMILES string of the molecule is CCCN(C)CC1CN(C2=CCC(Oc3ccccc3Cl)=CN=C2)CCO1. The molecule has 6 heteroatoms. The van der Waals surface area contributed by atoms with Crippen molar-refractivity contribution in [3.63, 3.8) is 0 Å². The molecule has 0 aliphatic carbocycles. The monoisotopic (exact) mass is 389 g/mol. The first kappa shape index (κ1) is 19.9. The fraction of sp³-hybridized carbons (Fsp3) is 0.476. The molecular weight excluding hydrogens is 362 g/mol. The normalized spacial score (nSPS) is 20.3. The molecule has 0 saturated carbocycles. The van der Waals surface area contributed by atoms with E-state index in [1.807, 2.05) is 30.5 Å². The minimum Gasteiger partial charge on any atom is -0.458 e. The lowest BCUT2D eigenvalue weighted by molar-refractivity contribution is -0.0280. The number of para-hydroxylation sites is 1. The first-order valence-corrected chi connectivity index (χ1v) is 9.93. The van der Waals surface area contributed by atoms with E-state index in [0.717, 1.165) is 50.7 Å². The number of aliphatic imine (C=N–C) groups is 1. The van der Waals surface area contributed by atoms with Crippen LogP contribution in [0.25, 0.3) is 0 Å². The number of benzene rings is 1. The summed E-state index contributed by atoms with van der Waals surface area (Å²) in [7, 11) is 2.15. The molecular formula is C21H28ClN3O2. The highest BCUT2D eigenvalue weighted by Crippen LogP contribution is 2.27. The van der Waals surface area contributed by atoms with Gasteiger partial charge in [-0.1, -0.05) is 36.7 Å². The molecule has 0 bridgehead atoms. The van der Waals surface area contributed by atoms with Gasteiger partial charge in [0, 0.05) is 32.3 Å². The van der Waals surface area contributed by atoms with E-state index in [4.69, 9.17) is 21.1 Å². The summed E-state index contributed by atoms with van der Waals surface area (Å²) in [5.74, 6) is 1.43. The van der Waals surface area contributed by atoms with Crippen molar-refractivity contribution >= 4 is 17.8 Å². The summed E-state index contributed by atoms with van der Waals surface area (Å²) in [4.78, 5) is 9.12. The van der Waals surface area contributed by atoms with Gasteiger partial charge in [0.05, 0.1) is 29.6 Å². The van der Waals surface area contributed by atoms with Gasteiger partial charge in [-0.2, -0.15) is 0 Å². The molecule has 0 radical (unpaired) electrons. The molecule has 2 aliphatic heterocycles. The van der Waals surface area contributed by atoms with Gasteiger partial charge in [-0.15, -0.1) is 0 Å². The van der Waals surface area contributed by atoms with Gasteiger partial charge < -0.3 is 19.3 Å². The van der Waals surface area contributed by atoms with Crippen LogP contribution in [0.1, 0.15) is 19.8 Å². The third-order valence-electron chi connectivity index (χ3n) is 4.64. The quantitative estimate of drug-likeness (QED) is 0.707. The van der Waals surface area contributed by atoms with Gasteiger partial charge in [0.25, 0.3) is 0 Å². The Labute approximate surface area is 166 Å². The van der Waals surface area contributed by atoms with E-state index in [2.05, 4.69) is 34.8 Å². The summed E-state index contributed by atoms with van der Waals surface area (Å²) < 4.78 is 11.9. The van der Waals surface area contributed by atoms with Gasteiger partial charge in [0.2, 0.25) is 0 Å². The van der Waals surface area contributed by atoms with Crippen molar-refractivity contribution in [2.75, 3.05) is 39.8 Å². The van der Waals surface area contributed by atoms with Crippen LogP contribution in [-0.2, 0) is 4.74 Å². The molecule has 1 saturated heterocycles. The molecule has 0 aromatic heterocycles. The lowest BCUT2D eigenvalue weighted by Crippen LogP contribution is -2.46. The van der Waals surface area contributed by atoms with E-state index in [-0.39, 0.29) is 6.10 Å². The molecule has 2 heterocycles. The van der Waals surface area contributed by atoms with Crippen LogP contribution in [0.5, 0.6) is 5.75 Å². The highest BCUT2D eigenvalue weighted by Gasteiger charge is 2.23. The summed E-state index contributed by atoms with van der Waals surface area (Å²) in [6.45, 7) is 6.75. The van der Waals surface area contributed by atoms with E-state index in [1.165, 1.54) is 0 Å². The lowest BCUT2D eigenvalue weighted by Gasteiger charge is -2.36. The molecule has 2 aliphatic rings.